The van der Waals surface area contributed by atoms with Crippen molar-refractivity contribution < 1.29 is 18.3 Å². The van der Waals surface area contributed by atoms with Gasteiger partial charge in [-0.3, -0.25) is 9.88 Å². The van der Waals surface area contributed by atoms with Crippen molar-refractivity contribution in [2.45, 2.75) is 32.2 Å². The monoisotopic (exact) mass is 285 g/mol. The minimum Gasteiger partial charge on any atom is -0.461 e. The summed E-state index contributed by atoms with van der Waals surface area (Å²) < 4.78 is 31.1. The van der Waals surface area contributed by atoms with Gasteiger partial charge in [0.1, 0.15) is 0 Å². The number of nitrogens with zero attached hydrogens (tertiary/aromatic N) is 3. The number of rotatable bonds is 4. The molecule has 2 rings (SSSR count). The highest BCUT2D eigenvalue weighted by molar-refractivity contribution is 5.88. The number of carbonyl (C=O) groups is 1. The fourth-order valence-electron chi connectivity index (χ4n) is 2.10. The molecule has 0 radical (unpaired) electrons. The Hall–Kier alpha value is -1.63. The van der Waals surface area contributed by atoms with Crippen molar-refractivity contribution in [3.8, 4) is 0 Å². The molecule has 0 saturated carbocycles. The van der Waals surface area contributed by atoms with E-state index in [-0.39, 0.29) is 38.2 Å². The number of ether oxygens (including phenoxy) is 1. The number of piperidine rings is 1. The Kier molecular flexibility index (Phi) is 4.59. The molecule has 20 heavy (non-hydrogen) atoms. The number of esters is 1. The summed E-state index contributed by atoms with van der Waals surface area (Å²) in [5.41, 5.74) is 0.628. The fraction of sp³-hybridized carbons (Fsp3) is 0.615. The molecular weight excluding hydrogens is 268 g/mol. The Bertz CT molecular complexity index is 472. The maximum absolute atomic E-state index is 13.1. The number of hydrogen-bond acceptors (Lipinski definition) is 5. The van der Waals surface area contributed by atoms with Crippen molar-refractivity contribution in [3.05, 3.63) is 23.8 Å². The molecule has 0 spiro atoms. The SMILES string of the molecule is CCOC(=O)c1nccnc1CN1CCC(F)(F)CC1. The molecule has 7 heteroatoms. The fourth-order valence-corrected chi connectivity index (χ4v) is 2.10. The van der Waals surface area contributed by atoms with Gasteiger partial charge in [0.25, 0.3) is 5.92 Å². The zero-order chi connectivity index (χ0) is 14.6. The van der Waals surface area contributed by atoms with Crippen molar-refractivity contribution in [2.24, 2.45) is 0 Å². The van der Waals surface area contributed by atoms with Crippen molar-refractivity contribution in [2.75, 3.05) is 19.7 Å². The molecule has 0 atom stereocenters. The summed E-state index contributed by atoms with van der Waals surface area (Å²) in [5, 5.41) is 0. The first-order valence-electron chi connectivity index (χ1n) is 6.59. The summed E-state index contributed by atoms with van der Waals surface area (Å²) in [5.74, 6) is -3.11. The lowest BCUT2D eigenvalue weighted by molar-refractivity contribution is -0.0569. The summed E-state index contributed by atoms with van der Waals surface area (Å²) in [4.78, 5) is 21.7. The van der Waals surface area contributed by atoms with Crippen LogP contribution >= 0.6 is 0 Å². The topological polar surface area (TPSA) is 55.3 Å². The van der Waals surface area contributed by atoms with Gasteiger partial charge in [-0.1, -0.05) is 0 Å². The van der Waals surface area contributed by atoms with Gasteiger partial charge in [-0.25, -0.2) is 18.6 Å². The zero-order valence-electron chi connectivity index (χ0n) is 11.3. The maximum atomic E-state index is 13.1. The van der Waals surface area contributed by atoms with Gasteiger partial charge < -0.3 is 4.74 Å². The van der Waals surface area contributed by atoms with E-state index in [1.807, 2.05) is 4.90 Å². The summed E-state index contributed by atoms with van der Waals surface area (Å²) >= 11 is 0. The van der Waals surface area contributed by atoms with Crippen LogP contribution in [0, 0.1) is 0 Å². The molecule has 1 aliphatic rings. The number of hydrogen-bond donors (Lipinski definition) is 0. The van der Waals surface area contributed by atoms with Crippen LogP contribution in [0.15, 0.2) is 12.4 Å². The van der Waals surface area contributed by atoms with E-state index in [1.165, 1.54) is 12.4 Å². The summed E-state index contributed by atoms with van der Waals surface area (Å²) in [6.07, 6.45) is 2.57. The lowest BCUT2D eigenvalue weighted by Gasteiger charge is -2.31. The minimum atomic E-state index is -2.58. The highest BCUT2D eigenvalue weighted by atomic mass is 19.3. The van der Waals surface area contributed by atoms with E-state index in [0.29, 0.717) is 12.2 Å². The van der Waals surface area contributed by atoms with Gasteiger partial charge in [-0.15, -0.1) is 0 Å². The van der Waals surface area contributed by atoms with Gasteiger partial charge >= 0.3 is 5.97 Å². The first kappa shape index (κ1) is 14.8. The molecule has 5 nitrogen and oxygen atoms in total. The van der Waals surface area contributed by atoms with E-state index < -0.39 is 11.9 Å². The number of halogens is 2. The van der Waals surface area contributed by atoms with Gasteiger partial charge in [0.2, 0.25) is 0 Å². The van der Waals surface area contributed by atoms with Gasteiger partial charge in [0.05, 0.1) is 12.3 Å². The Labute approximate surface area is 116 Å². The molecule has 1 aromatic heterocycles. The maximum Gasteiger partial charge on any atom is 0.358 e. The van der Waals surface area contributed by atoms with Crippen LogP contribution in [0.25, 0.3) is 0 Å². The lowest BCUT2D eigenvalue weighted by Crippen LogP contribution is -2.39. The minimum absolute atomic E-state index is 0.159. The largest absolute Gasteiger partial charge is 0.461 e. The van der Waals surface area contributed by atoms with Crippen LogP contribution in [-0.4, -0.2) is 46.5 Å². The van der Waals surface area contributed by atoms with Crippen LogP contribution < -0.4 is 0 Å². The average molecular weight is 285 g/mol. The third-order valence-corrected chi connectivity index (χ3v) is 3.20. The first-order chi connectivity index (χ1) is 9.52. The van der Waals surface area contributed by atoms with Crippen molar-refractivity contribution in [1.82, 2.24) is 14.9 Å². The standard InChI is InChI=1S/C13H17F2N3O2/c1-2-20-12(19)11-10(16-5-6-17-11)9-18-7-3-13(14,15)4-8-18/h5-6H,2-4,7-9H2,1H3. The number of aromatic nitrogens is 2. The Balaban J connectivity index is 2.04. The van der Waals surface area contributed by atoms with Crippen molar-refractivity contribution in [3.63, 3.8) is 0 Å². The molecular formula is C13H17F2N3O2. The molecule has 0 N–H and O–H groups in total. The predicted molar refractivity (Wildman–Crippen MR) is 67.4 cm³/mol. The summed E-state index contributed by atoms with van der Waals surface area (Å²) in [6.45, 7) is 2.86. The van der Waals surface area contributed by atoms with Gasteiger partial charge in [-0.2, -0.15) is 0 Å². The normalized spacial score (nSPS) is 18.8. The second-order valence-corrected chi connectivity index (χ2v) is 4.70. The van der Waals surface area contributed by atoms with Gasteiger partial charge in [-0.05, 0) is 6.92 Å². The van der Waals surface area contributed by atoms with E-state index in [9.17, 15) is 13.6 Å². The number of likely N-dealkylation sites (tertiary alicyclic amines) is 1. The second kappa shape index (κ2) is 6.21. The number of carbonyl (C=O) groups excluding carboxylic acids is 1. The summed E-state index contributed by atoms with van der Waals surface area (Å²) in [7, 11) is 0. The van der Waals surface area contributed by atoms with Gasteiger partial charge in [0.15, 0.2) is 5.69 Å². The number of alkyl halides is 2. The molecule has 1 aliphatic heterocycles. The molecule has 1 fully saturated rings. The molecule has 1 saturated heterocycles. The van der Waals surface area contributed by atoms with Gasteiger partial charge in [0, 0.05) is 44.9 Å². The molecule has 110 valence electrons. The molecule has 0 aliphatic carbocycles. The molecule has 2 heterocycles. The average Bonchev–Trinajstić information content (AvgIpc) is 2.42. The molecule has 0 amide bonds. The predicted octanol–water partition coefficient (Wildman–Crippen LogP) is 1.88. The third-order valence-electron chi connectivity index (χ3n) is 3.20. The molecule has 0 unspecified atom stereocenters. The van der Waals surface area contributed by atoms with E-state index in [1.54, 1.807) is 6.92 Å². The van der Waals surface area contributed by atoms with E-state index in [2.05, 4.69) is 9.97 Å². The van der Waals surface area contributed by atoms with Crippen LogP contribution in [0.1, 0.15) is 35.9 Å². The smallest absolute Gasteiger partial charge is 0.358 e. The Morgan fingerprint density at radius 3 is 2.65 bits per heavy atom. The Morgan fingerprint density at radius 1 is 1.35 bits per heavy atom. The quantitative estimate of drug-likeness (QED) is 0.791. The van der Waals surface area contributed by atoms with Crippen molar-refractivity contribution >= 4 is 5.97 Å². The highest BCUT2D eigenvalue weighted by Gasteiger charge is 2.34. The highest BCUT2D eigenvalue weighted by Crippen LogP contribution is 2.28. The van der Waals surface area contributed by atoms with Crippen LogP contribution in [-0.2, 0) is 11.3 Å². The Morgan fingerprint density at radius 2 is 2.00 bits per heavy atom. The second-order valence-electron chi connectivity index (χ2n) is 4.70. The van der Waals surface area contributed by atoms with Crippen LogP contribution in [0.2, 0.25) is 0 Å². The molecule has 0 aromatic carbocycles. The first-order valence-corrected chi connectivity index (χ1v) is 6.59. The molecule has 0 bridgehead atoms. The van der Waals surface area contributed by atoms with E-state index in [0.717, 1.165) is 0 Å². The third kappa shape index (κ3) is 3.69. The van der Waals surface area contributed by atoms with Crippen molar-refractivity contribution in [1.29, 1.82) is 0 Å². The molecule has 1 aromatic rings. The zero-order valence-corrected chi connectivity index (χ0v) is 11.3. The summed E-state index contributed by atoms with van der Waals surface area (Å²) in [6, 6.07) is 0. The van der Waals surface area contributed by atoms with E-state index in [4.69, 9.17) is 4.74 Å². The van der Waals surface area contributed by atoms with Crippen LogP contribution in [0.5, 0.6) is 0 Å². The van der Waals surface area contributed by atoms with Crippen LogP contribution in [0.3, 0.4) is 0 Å². The van der Waals surface area contributed by atoms with E-state index >= 15 is 0 Å². The van der Waals surface area contributed by atoms with Crippen LogP contribution in [0.4, 0.5) is 8.78 Å². The lowest BCUT2D eigenvalue weighted by atomic mass is 10.1.